The maximum absolute atomic E-state index is 4.18. The third kappa shape index (κ3) is 3.79. The van der Waals surface area contributed by atoms with Gasteiger partial charge < -0.3 is 5.32 Å². The number of pyridine rings is 1. The van der Waals surface area contributed by atoms with E-state index in [4.69, 9.17) is 0 Å². The van der Waals surface area contributed by atoms with Crippen LogP contribution in [0.25, 0.3) is 0 Å². The summed E-state index contributed by atoms with van der Waals surface area (Å²) in [5.74, 6) is 0. The van der Waals surface area contributed by atoms with Gasteiger partial charge >= 0.3 is 0 Å². The molecule has 1 unspecified atom stereocenters. The number of aromatic nitrogens is 1. The lowest BCUT2D eigenvalue weighted by atomic mass is 10.2. The molecular weight excluding hydrogens is 210 g/mol. The number of nitrogens with zero attached hydrogens (tertiary/aromatic N) is 2. The Labute approximate surface area is 104 Å². The molecule has 0 saturated carbocycles. The van der Waals surface area contributed by atoms with E-state index in [2.05, 4.69) is 28.2 Å². The fourth-order valence-corrected chi connectivity index (χ4v) is 2.51. The van der Waals surface area contributed by atoms with Crippen molar-refractivity contribution in [1.29, 1.82) is 0 Å². The van der Waals surface area contributed by atoms with Gasteiger partial charge in [0.1, 0.15) is 0 Å². The summed E-state index contributed by atoms with van der Waals surface area (Å²) in [7, 11) is 0. The van der Waals surface area contributed by atoms with Gasteiger partial charge in [-0.25, -0.2) is 0 Å². The fraction of sp³-hybridized carbons (Fsp3) is 0.643. The van der Waals surface area contributed by atoms with Crippen molar-refractivity contribution >= 4 is 0 Å². The van der Waals surface area contributed by atoms with Crippen molar-refractivity contribution in [3.05, 3.63) is 30.1 Å². The summed E-state index contributed by atoms with van der Waals surface area (Å²) in [5.41, 5.74) is 1.33. The molecule has 94 valence electrons. The van der Waals surface area contributed by atoms with E-state index in [-0.39, 0.29) is 0 Å². The third-order valence-corrected chi connectivity index (χ3v) is 3.41. The van der Waals surface area contributed by atoms with Gasteiger partial charge in [0.15, 0.2) is 0 Å². The Morgan fingerprint density at radius 3 is 3.24 bits per heavy atom. The van der Waals surface area contributed by atoms with E-state index in [0.29, 0.717) is 6.04 Å². The van der Waals surface area contributed by atoms with Gasteiger partial charge in [-0.3, -0.25) is 9.88 Å². The van der Waals surface area contributed by atoms with Crippen molar-refractivity contribution < 1.29 is 0 Å². The van der Waals surface area contributed by atoms with Crippen LogP contribution in [-0.2, 0) is 6.54 Å². The van der Waals surface area contributed by atoms with E-state index in [1.807, 2.05) is 18.5 Å². The Kier molecular flexibility index (Phi) is 4.95. The smallest absolute Gasteiger partial charge is 0.0312 e. The van der Waals surface area contributed by atoms with E-state index >= 15 is 0 Å². The van der Waals surface area contributed by atoms with E-state index < -0.39 is 0 Å². The SMILES string of the molecule is CCCNCC1CCCN1Cc1cccnc1. The maximum atomic E-state index is 4.18. The molecule has 1 aromatic heterocycles. The number of hydrogen-bond acceptors (Lipinski definition) is 3. The monoisotopic (exact) mass is 233 g/mol. The normalized spacial score (nSPS) is 20.9. The predicted molar refractivity (Wildman–Crippen MR) is 70.8 cm³/mol. The zero-order valence-corrected chi connectivity index (χ0v) is 10.7. The van der Waals surface area contributed by atoms with Gasteiger partial charge in [0.05, 0.1) is 0 Å². The lowest BCUT2D eigenvalue weighted by Crippen LogP contribution is -2.37. The summed E-state index contributed by atoms with van der Waals surface area (Å²) in [5, 5.41) is 3.54. The summed E-state index contributed by atoms with van der Waals surface area (Å²) in [6, 6.07) is 4.90. The number of likely N-dealkylation sites (tertiary alicyclic amines) is 1. The van der Waals surface area contributed by atoms with Crippen molar-refractivity contribution in [3.8, 4) is 0 Å². The van der Waals surface area contributed by atoms with Crippen molar-refractivity contribution in [2.45, 2.75) is 38.8 Å². The molecule has 1 atom stereocenters. The fourth-order valence-electron chi connectivity index (χ4n) is 2.51. The highest BCUT2D eigenvalue weighted by Crippen LogP contribution is 2.19. The molecule has 0 bridgehead atoms. The van der Waals surface area contributed by atoms with Crippen LogP contribution in [0, 0.1) is 0 Å². The van der Waals surface area contributed by atoms with Gasteiger partial charge in [-0.15, -0.1) is 0 Å². The van der Waals surface area contributed by atoms with Gasteiger partial charge in [0.2, 0.25) is 0 Å². The van der Waals surface area contributed by atoms with E-state index in [0.717, 1.165) is 19.6 Å². The molecule has 1 N–H and O–H groups in total. The molecule has 0 spiro atoms. The molecule has 0 radical (unpaired) electrons. The second kappa shape index (κ2) is 6.72. The molecule has 0 aromatic carbocycles. The molecule has 3 heteroatoms. The molecule has 1 saturated heterocycles. The second-order valence-corrected chi connectivity index (χ2v) is 4.83. The summed E-state index contributed by atoms with van der Waals surface area (Å²) in [4.78, 5) is 6.77. The Morgan fingerprint density at radius 1 is 1.53 bits per heavy atom. The first-order chi connectivity index (χ1) is 8.40. The molecule has 2 rings (SSSR count). The van der Waals surface area contributed by atoms with E-state index in [1.165, 1.54) is 31.4 Å². The van der Waals surface area contributed by atoms with Gasteiger partial charge in [0, 0.05) is 31.5 Å². The van der Waals surface area contributed by atoms with Gasteiger partial charge in [0.25, 0.3) is 0 Å². The molecule has 1 fully saturated rings. The molecular formula is C14H23N3. The minimum atomic E-state index is 0.710. The van der Waals surface area contributed by atoms with Crippen LogP contribution < -0.4 is 5.32 Å². The minimum Gasteiger partial charge on any atom is -0.315 e. The first kappa shape index (κ1) is 12.5. The summed E-state index contributed by atoms with van der Waals surface area (Å²) in [6.07, 6.45) is 7.70. The Hall–Kier alpha value is -0.930. The van der Waals surface area contributed by atoms with Crippen LogP contribution in [0.1, 0.15) is 31.7 Å². The lowest BCUT2D eigenvalue weighted by Gasteiger charge is -2.24. The molecule has 3 nitrogen and oxygen atoms in total. The van der Waals surface area contributed by atoms with Crippen molar-refractivity contribution in [1.82, 2.24) is 15.2 Å². The van der Waals surface area contributed by atoms with Crippen LogP contribution in [0.4, 0.5) is 0 Å². The summed E-state index contributed by atoms with van der Waals surface area (Å²) >= 11 is 0. The van der Waals surface area contributed by atoms with Crippen LogP contribution in [0.5, 0.6) is 0 Å². The molecule has 1 aliphatic rings. The minimum absolute atomic E-state index is 0.710. The average Bonchev–Trinajstić information content (AvgIpc) is 2.79. The maximum Gasteiger partial charge on any atom is 0.0312 e. The number of nitrogens with one attached hydrogen (secondary N) is 1. The van der Waals surface area contributed by atoms with Crippen LogP contribution in [0.3, 0.4) is 0 Å². The quantitative estimate of drug-likeness (QED) is 0.762. The number of rotatable bonds is 6. The predicted octanol–water partition coefficient (Wildman–Crippen LogP) is 2.05. The Morgan fingerprint density at radius 2 is 2.47 bits per heavy atom. The van der Waals surface area contributed by atoms with Gasteiger partial charge in [-0.05, 0) is 44.0 Å². The van der Waals surface area contributed by atoms with E-state index in [1.54, 1.807) is 0 Å². The van der Waals surface area contributed by atoms with Crippen LogP contribution in [0.2, 0.25) is 0 Å². The summed E-state index contributed by atoms with van der Waals surface area (Å²) < 4.78 is 0. The molecule has 0 aliphatic carbocycles. The highest BCUT2D eigenvalue weighted by atomic mass is 15.2. The van der Waals surface area contributed by atoms with Crippen molar-refractivity contribution in [2.24, 2.45) is 0 Å². The molecule has 1 aliphatic heterocycles. The Bertz CT molecular complexity index is 313. The molecule has 1 aromatic rings. The van der Waals surface area contributed by atoms with Crippen LogP contribution in [0.15, 0.2) is 24.5 Å². The largest absolute Gasteiger partial charge is 0.315 e. The van der Waals surface area contributed by atoms with Gasteiger partial charge in [-0.2, -0.15) is 0 Å². The highest BCUT2D eigenvalue weighted by molar-refractivity contribution is 5.08. The summed E-state index contributed by atoms with van der Waals surface area (Å²) in [6.45, 7) is 6.76. The lowest BCUT2D eigenvalue weighted by molar-refractivity contribution is 0.239. The Balaban J connectivity index is 1.82. The first-order valence-electron chi connectivity index (χ1n) is 6.74. The molecule has 17 heavy (non-hydrogen) atoms. The third-order valence-electron chi connectivity index (χ3n) is 3.41. The topological polar surface area (TPSA) is 28.2 Å². The standard InChI is InChI=1S/C14H23N3/c1-2-7-15-11-14-6-4-9-17(14)12-13-5-3-8-16-10-13/h3,5,8,10,14-15H,2,4,6-7,9,11-12H2,1H3. The zero-order chi connectivity index (χ0) is 11.9. The second-order valence-electron chi connectivity index (χ2n) is 4.83. The molecule has 0 amide bonds. The molecule has 2 heterocycles. The van der Waals surface area contributed by atoms with Crippen molar-refractivity contribution in [2.75, 3.05) is 19.6 Å². The average molecular weight is 233 g/mol. The zero-order valence-electron chi connectivity index (χ0n) is 10.7. The van der Waals surface area contributed by atoms with Crippen molar-refractivity contribution in [3.63, 3.8) is 0 Å². The van der Waals surface area contributed by atoms with Crippen LogP contribution in [-0.4, -0.2) is 35.6 Å². The highest BCUT2D eigenvalue weighted by Gasteiger charge is 2.23. The van der Waals surface area contributed by atoms with Crippen LogP contribution >= 0.6 is 0 Å². The first-order valence-corrected chi connectivity index (χ1v) is 6.74. The van der Waals surface area contributed by atoms with E-state index in [9.17, 15) is 0 Å². The number of hydrogen-bond donors (Lipinski definition) is 1. The van der Waals surface area contributed by atoms with Gasteiger partial charge in [-0.1, -0.05) is 13.0 Å².